The zero-order chi connectivity index (χ0) is 14.8. The molecule has 0 radical (unpaired) electrons. The molecule has 2 atom stereocenters. The molecule has 0 saturated heterocycles. The number of nitrogens with one attached hydrogen (secondary N) is 1. The number of hydrogen-bond donors (Lipinski definition) is 1. The van der Waals surface area contributed by atoms with Crippen molar-refractivity contribution in [2.24, 2.45) is 0 Å². The molecule has 0 bridgehead atoms. The van der Waals surface area contributed by atoms with Gasteiger partial charge in [0.2, 0.25) is 0 Å². The summed E-state index contributed by atoms with van der Waals surface area (Å²) in [6.45, 7) is 7.50. The Balaban J connectivity index is 1.82. The van der Waals surface area contributed by atoms with Crippen LogP contribution in [-0.2, 0) is 12.8 Å². The number of fused-ring (bicyclic) bond motifs is 1. The minimum Gasteiger partial charge on any atom is -0.313 e. The predicted molar refractivity (Wildman–Crippen MR) is 90.3 cm³/mol. The molecule has 0 saturated carbocycles. The molecule has 0 amide bonds. The smallest absolute Gasteiger partial charge is 0.0946 e. The molecule has 112 valence electrons. The second-order valence-electron chi connectivity index (χ2n) is 5.96. The number of nitrogens with zero attached hydrogens (tertiary/aromatic N) is 1. The minimum absolute atomic E-state index is 0.503. The van der Waals surface area contributed by atoms with Gasteiger partial charge in [-0.1, -0.05) is 31.2 Å². The summed E-state index contributed by atoms with van der Waals surface area (Å²) in [5.74, 6) is 0.630. The van der Waals surface area contributed by atoms with Crippen LogP contribution in [0.2, 0.25) is 0 Å². The maximum atomic E-state index is 4.74. The molecule has 3 rings (SSSR count). The third-order valence-electron chi connectivity index (χ3n) is 4.60. The lowest BCUT2D eigenvalue weighted by Gasteiger charge is -2.24. The summed E-state index contributed by atoms with van der Waals surface area (Å²) in [6.07, 6.45) is 3.53. The van der Waals surface area contributed by atoms with Crippen LogP contribution in [0.5, 0.6) is 0 Å². The first-order chi connectivity index (χ1) is 10.2. The number of aromatic nitrogens is 1. The van der Waals surface area contributed by atoms with Crippen LogP contribution in [0.4, 0.5) is 0 Å². The highest BCUT2D eigenvalue weighted by Gasteiger charge is 2.29. The van der Waals surface area contributed by atoms with E-state index in [0.717, 1.165) is 13.0 Å². The molecule has 21 heavy (non-hydrogen) atoms. The zero-order valence-corrected chi connectivity index (χ0v) is 14.0. The van der Waals surface area contributed by atoms with Crippen molar-refractivity contribution < 1.29 is 0 Å². The minimum atomic E-state index is 0.503. The molecule has 0 aliphatic heterocycles. The summed E-state index contributed by atoms with van der Waals surface area (Å²) in [5.41, 5.74) is 4.28. The van der Waals surface area contributed by atoms with Gasteiger partial charge in [0.15, 0.2) is 0 Å². The molecular formula is C18H24N2S. The van der Waals surface area contributed by atoms with E-state index in [9.17, 15) is 0 Å². The van der Waals surface area contributed by atoms with Gasteiger partial charge >= 0.3 is 0 Å². The lowest BCUT2D eigenvalue weighted by Crippen LogP contribution is -2.36. The van der Waals surface area contributed by atoms with Gasteiger partial charge in [-0.25, -0.2) is 4.98 Å². The molecule has 2 aromatic rings. The second kappa shape index (κ2) is 6.29. The molecule has 1 aliphatic rings. The van der Waals surface area contributed by atoms with Crippen LogP contribution < -0.4 is 5.32 Å². The van der Waals surface area contributed by atoms with Crippen molar-refractivity contribution in [1.82, 2.24) is 10.3 Å². The SMILES string of the molecule is CCNC(Cc1nc(C)c(C)s1)C1CCc2ccccc21. The molecule has 2 unspecified atom stereocenters. The number of aryl methyl sites for hydroxylation is 3. The van der Waals surface area contributed by atoms with Crippen molar-refractivity contribution in [1.29, 1.82) is 0 Å². The summed E-state index contributed by atoms with van der Waals surface area (Å²) < 4.78 is 0. The highest BCUT2D eigenvalue weighted by atomic mass is 32.1. The second-order valence-corrected chi connectivity index (χ2v) is 7.25. The van der Waals surface area contributed by atoms with Gasteiger partial charge in [-0.2, -0.15) is 0 Å². The molecule has 1 aromatic carbocycles. The third kappa shape index (κ3) is 3.04. The quantitative estimate of drug-likeness (QED) is 0.902. The van der Waals surface area contributed by atoms with Crippen molar-refractivity contribution in [3.63, 3.8) is 0 Å². The summed E-state index contributed by atoms with van der Waals surface area (Å²) in [4.78, 5) is 6.09. The van der Waals surface area contributed by atoms with Gasteiger partial charge in [0, 0.05) is 23.3 Å². The average molecular weight is 300 g/mol. The maximum absolute atomic E-state index is 4.74. The van der Waals surface area contributed by atoms with Gasteiger partial charge in [0.1, 0.15) is 0 Å². The Bertz CT molecular complexity index is 598. The number of thiazole rings is 1. The van der Waals surface area contributed by atoms with E-state index in [-0.39, 0.29) is 0 Å². The molecule has 1 aliphatic carbocycles. The van der Waals surface area contributed by atoms with Gasteiger partial charge < -0.3 is 5.32 Å². The number of hydrogen-bond acceptors (Lipinski definition) is 3. The zero-order valence-electron chi connectivity index (χ0n) is 13.1. The Morgan fingerprint density at radius 1 is 1.33 bits per heavy atom. The highest BCUT2D eigenvalue weighted by Crippen LogP contribution is 2.36. The van der Waals surface area contributed by atoms with Gasteiger partial charge in [-0.15, -0.1) is 11.3 Å². The normalized spacial score (nSPS) is 18.7. The summed E-state index contributed by atoms with van der Waals surface area (Å²) >= 11 is 1.86. The number of rotatable bonds is 5. The lowest BCUT2D eigenvalue weighted by molar-refractivity contribution is 0.434. The first-order valence-corrected chi connectivity index (χ1v) is 8.74. The van der Waals surface area contributed by atoms with Crippen molar-refractivity contribution in [2.75, 3.05) is 6.54 Å². The van der Waals surface area contributed by atoms with Crippen LogP contribution >= 0.6 is 11.3 Å². The van der Waals surface area contributed by atoms with Crippen LogP contribution in [0.3, 0.4) is 0 Å². The predicted octanol–water partition coefficient (Wildman–Crippen LogP) is 4.01. The topological polar surface area (TPSA) is 24.9 Å². The van der Waals surface area contributed by atoms with Crippen LogP contribution in [-0.4, -0.2) is 17.6 Å². The van der Waals surface area contributed by atoms with E-state index in [4.69, 9.17) is 4.98 Å². The van der Waals surface area contributed by atoms with Crippen LogP contribution in [0.1, 0.15) is 46.0 Å². The van der Waals surface area contributed by atoms with E-state index >= 15 is 0 Å². The van der Waals surface area contributed by atoms with E-state index in [1.165, 1.54) is 34.0 Å². The Hall–Kier alpha value is -1.19. The van der Waals surface area contributed by atoms with E-state index < -0.39 is 0 Å². The van der Waals surface area contributed by atoms with Gasteiger partial charge in [-0.05, 0) is 44.4 Å². The summed E-state index contributed by atoms with van der Waals surface area (Å²) in [6, 6.07) is 9.45. The van der Waals surface area contributed by atoms with Crippen LogP contribution in [0.15, 0.2) is 24.3 Å². The largest absolute Gasteiger partial charge is 0.313 e. The molecule has 3 heteroatoms. The molecule has 0 fully saturated rings. The van der Waals surface area contributed by atoms with E-state index in [0.29, 0.717) is 12.0 Å². The van der Waals surface area contributed by atoms with Crippen LogP contribution in [0, 0.1) is 13.8 Å². The first kappa shape index (κ1) is 14.7. The maximum Gasteiger partial charge on any atom is 0.0946 e. The highest BCUT2D eigenvalue weighted by molar-refractivity contribution is 7.11. The van der Waals surface area contributed by atoms with Crippen molar-refractivity contribution >= 4 is 11.3 Å². The first-order valence-electron chi connectivity index (χ1n) is 7.93. The molecule has 0 spiro atoms. The molecule has 1 N–H and O–H groups in total. The molecule has 2 nitrogen and oxygen atoms in total. The van der Waals surface area contributed by atoms with Crippen molar-refractivity contribution in [3.05, 3.63) is 51.0 Å². The fourth-order valence-electron chi connectivity index (χ4n) is 3.44. The fourth-order valence-corrected chi connectivity index (χ4v) is 4.43. The summed E-state index contributed by atoms with van der Waals surface area (Å²) in [7, 11) is 0. The number of benzene rings is 1. The Morgan fingerprint density at radius 3 is 2.86 bits per heavy atom. The van der Waals surface area contributed by atoms with E-state index in [1.54, 1.807) is 5.56 Å². The lowest BCUT2D eigenvalue weighted by atomic mass is 9.91. The number of likely N-dealkylation sites (N-methyl/N-ethyl adjacent to an activating group) is 1. The fraction of sp³-hybridized carbons (Fsp3) is 0.500. The van der Waals surface area contributed by atoms with Crippen LogP contribution in [0.25, 0.3) is 0 Å². The molecular weight excluding hydrogens is 276 g/mol. The van der Waals surface area contributed by atoms with Crippen molar-refractivity contribution in [2.45, 2.75) is 52.0 Å². The summed E-state index contributed by atoms with van der Waals surface area (Å²) in [5, 5.41) is 4.99. The Labute approximate surface area is 131 Å². The van der Waals surface area contributed by atoms with Gasteiger partial charge in [-0.3, -0.25) is 0 Å². The third-order valence-corrected chi connectivity index (χ3v) is 5.69. The van der Waals surface area contributed by atoms with E-state index in [2.05, 4.69) is 50.4 Å². The molecule has 1 heterocycles. The van der Waals surface area contributed by atoms with E-state index in [1.807, 2.05) is 11.3 Å². The monoisotopic (exact) mass is 300 g/mol. The Morgan fingerprint density at radius 2 is 2.14 bits per heavy atom. The standard InChI is InChI=1S/C18H24N2S/c1-4-19-17(11-18-20-12(2)13(3)21-18)16-10-9-14-7-5-6-8-15(14)16/h5-8,16-17,19H,4,9-11H2,1-3H3. The average Bonchev–Trinajstić information content (AvgIpc) is 3.03. The van der Waals surface area contributed by atoms with Gasteiger partial charge in [0.05, 0.1) is 10.7 Å². The molecule has 1 aromatic heterocycles. The van der Waals surface area contributed by atoms with Gasteiger partial charge in [0.25, 0.3) is 0 Å². The Kier molecular flexibility index (Phi) is 4.41. The van der Waals surface area contributed by atoms with Crippen molar-refractivity contribution in [3.8, 4) is 0 Å².